The van der Waals surface area contributed by atoms with E-state index in [1.54, 1.807) is 0 Å². The monoisotopic (exact) mass is 257 g/mol. The quantitative estimate of drug-likeness (QED) is 0.779. The van der Waals surface area contributed by atoms with Gasteiger partial charge in [0.15, 0.2) is 6.10 Å². The van der Waals surface area contributed by atoms with Crippen LogP contribution in [-0.4, -0.2) is 29.0 Å². The third-order valence-electron chi connectivity index (χ3n) is 3.97. The number of carbonyl (C=O) groups is 1. The number of rotatable bonds is 3. The molecule has 1 saturated heterocycles. The van der Waals surface area contributed by atoms with Crippen LogP contribution >= 0.6 is 0 Å². The van der Waals surface area contributed by atoms with Crippen molar-refractivity contribution in [1.29, 1.82) is 0 Å². The minimum atomic E-state index is -0.419. The number of para-hydroxylation sites is 1. The Morgan fingerprint density at radius 3 is 2.84 bits per heavy atom. The van der Waals surface area contributed by atoms with E-state index in [1.165, 1.54) is 0 Å². The molecule has 1 amide bonds. The highest BCUT2D eigenvalue weighted by Crippen LogP contribution is 2.32. The van der Waals surface area contributed by atoms with Crippen LogP contribution in [0.2, 0.25) is 0 Å². The number of nitrogens with zero attached hydrogens (tertiary/aromatic N) is 1. The molecule has 0 aliphatic carbocycles. The number of benzene rings is 1. The molecule has 3 nitrogen and oxygen atoms in total. The predicted octanol–water partition coefficient (Wildman–Crippen LogP) is 2.77. The zero-order valence-electron chi connectivity index (χ0n) is 11.2. The first-order chi connectivity index (χ1) is 9.25. The Bertz CT molecular complexity index is 483. The van der Waals surface area contributed by atoms with Crippen molar-refractivity contribution in [3.05, 3.63) is 42.5 Å². The zero-order valence-corrected chi connectivity index (χ0v) is 11.2. The van der Waals surface area contributed by atoms with Gasteiger partial charge in [0.25, 0.3) is 5.91 Å². The molecule has 0 spiro atoms. The smallest absolute Gasteiger partial charge is 0.264 e. The summed E-state index contributed by atoms with van der Waals surface area (Å²) in [5, 5.41) is 0. The fourth-order valence-electron chi connectivity index (χ4n) is 3.03. The van der Waals surface area contributed by atoms with Crippen molar-refractivity contribution in [2.75, 3.05) is 0 Å². The molecule has 19 heavy (non-hydrogen) atoms. The topological polar surface area (TPSA) is 29.5 Å². The van der Waals surface area contributed by atoms with E-state index >= 15 is 0 Å². The molecule has 3 heteroatoms. The highest BCUT2D eigenvalue weighted by molar-refractivity contribution is 5.82. The standard InChI is InChI=1S/C16H19NO2/c1-12(19-15-8-3-2-4-9-15)16(18)17-13-6-5-7-14(17)11-10-13/h2-6,8-9,12-14H,7,10-11H2,1H3. The molecule has 3 rings (SSSR count). The summed E-state index contributed by atoms with van der Waals surface area (Å²) in [4.78, 5) is 14.6. The Hall–Kier alpha value is -1.77. The first kappa shape index (κ1) is 12.3. The van der Waals surface area contributed by atoms with Crippen LogP contribution < -0.4 is 4.74 Å². The lowest BCUT2D eigenvalue weighted by Crippen LogP contribution is -2.47. The molecule has 3 unspecified atom stereocenters. The number of ether oxygens (including phenoxy) is 1. The predicted molar refractivity (Wildman–Crippen MR) is 73.9 cm³/mol. The summed E-state index contributed by atoms with van der Waals surface area (Å²) in [7, 11) is 0. The molecule has 100 valence electrons. The minimum absolute atomic E-state index is 0.112. The average molecular weight is 257 g/mol. The third kappa shape index (κ3) is 2.37. The fourth-order valence-corrected chi connectivity index (χ4v) is 3.03. The van der Waals surface area contributed by atoms with Gasteiger partial charge in [-0.05, 0) is 38.3 Å². The Labute approximate surface area is 113 Å². The molecule has 2 heterocycles. The molecular formula is C16H19NO2. The molecule has 2 bridgehead atoms. The summed E-state index contributed by atoms with van der Waals surface area (Å²) in [6.07, 6.45) is 7.13. The van der Waals surface area contributed by atoms with Crippen LogP contribution in [0.3, 0.4) is 0 Å². The number of carbonyl (C=O) groups excluding carboxylic acids is 1. The first-order valence-electron chi connectivity index (χ1n) is 6.96. The van der Waals surface area contributed by atoms with Crippen molar-refractivity contribution < 1.29 is 9.53 Å². The summed E-state index contributed by atoms with van der Waals surface area (Å²) in [6, 6.07) is 10.2. The maximum absolute atomic E-state index is 12.5. The van der Waals surface area contributed by atoms with Gasteiger partial charge in [0.1, 0.15) is 5.75 Å². The van der Waals surface area contributed by atoms with E-state index in [2.05, 4.69) is 12.2 Å². The van der Waals surface area contributed by atoms with Crippen LogP contribution in [-0.2, 0) is 4.79 Å². The van der Waals surface area contributed by atoms with Crippen LogP contribution in [0.15, 0.2) is 42.5 Å². The van der Waals surface area contributed by atoms with Gasteiger partial charge in [-0.25, -0.2) is 0 Å². The number of fused-ring (bicyclic) bond motifs is 2. The Morgan fingerprint density at radius 2 is 2.11 bits per heavy atom. The highest BCUT2D eigenvalue weighted by Gasteiger charge is 2.39. The van der Waals surface area contributed by atoms with E-state index in [0.717, 1.165) is 25.0 Å². The average Bonchev–Trinajstić information content (AvgIpc) is 2.68. The van der Waals surface area contributed by atoms with Crippen LogP contribution in [0.25, 0.3) is 0 Å². The summed E-state index contributed by atoms with van der Waals surface area (Å²) >= 11 is 0. The van der Waals surface area contributed by atoms with E-state index in [0.29, 0.717) is 6.04 Å². The molecule has 1 aromatic rings. The van der Waals surface area contributed by atoms with Gasteiger partial charge in [-0.2, -0.15) is 0 Å². The van der Waals surface area contributed by atoms with Crippen molar-refractivity contribution >= 4 is 5.91 Å². The summed E-state index contributed by atoms with van der Waals surface area (Å²) in [5.41, 5.74) is 0. The second-order valence-electron chi connectivity index (χ2n) is 5.28. The molecule has 0 N–H and O–H groups in total. The normalized spacial score (nSPS) is 26.3. The molecule has 1 fully saturated rings. The van der Waals surface area contributed by atoms with Gasteiger partial charge in [-0.15, -0.1) is 0 Å². The Morgan fingerprint density at radius 1 is 1.32 bits per heavy atom. The molecule has 3 atom stereocenters. The maximum atomic E-state index is 12.5. The SMILES string of the molecule is CC(Oc1ccccc1)C(=O)N1C2C=CCC1CC2. The summed E-state index contributed by atoms with van der Waals surface area (Å²) < 4.78 is 5.74. The van der Waals surface area contributed by atoms with Crippen LogP contribution in [0, 0.1) is 0 Å². The second kappa shape index (κ2) is 5.08. The van der Waals surface area contributed by atoms with E-state index in [-0.39, 0.29) is 11.9 Å². The van der Waals surface area contributed by atoms with Gasteiger partial charge in [0, 0.05) is 6.04 Å². The molecule has 0 radical (unpaired) electrons. The molecule has 0 aromatic heterocycles. The van der Waals surface area contributed by atoms with Gasteiger partial charge < -0.3 is 9.64 Å². The Kier molecular flexibility index (Phi) is 3.28. The third-order valence-corrected chi connectivity index (χ3v) is 3.97. The van der Waals surface area contributed by atoms with Gasteiger partial charge in [0.05, 0.1) is 6.04 Å². The fraction of sp³-hybridized carbons (Fsp3) is 0.438. The highest BCUT2D eigenvalue weighted by atomic mass is 16.5. The molecule has 2 aliphatic rings. The zero-order chi connectivity index (χ0) is 13.2. The lowest BCUT2D eigenvalue weighted by Gasteiger charge is -2.33. The van der Waals surface area contributed by atoms with E-state index < -0.39 is 6.10 Å². The van der Waals surface area contributed by atoms with Gasteiger partial charge >= 0.3 is 0 Å². The van der Waals surface area contributed by atoms with E-state index in [4.69, 9.17) is 4.74 Å². The van der Waals surface area contributed by atoms with E-state index in [1.807, 2.05) is 42.2 Å². The lowest BCUT2D eigenvalue weighted by atomic mass is 10.1. The minimum Gasteiger partial charge on any atom is -0.481 e. The second-order valence-corrected chi connectivity index (χ2v) is 5.28. The summed E-state index contributed by atoms with van der Waals surface area (Å²) in [6.45, 7) is 1.84. The molecular weight excluding hydrogens is 238 g/mol. The van der Waals surface area contributed by atoms with E-state index in [9.17, 15) is 4.79 Å². The maximum Gasteiger partial charge on any atom is 0.264 e. The number of hydrogen-bond acceptors (Lipinski definition) is 2. The molecule has 2 aliphatic heterocycles. The van der Waals surface area contributed by atoms with Crippen LogP contribution in [0.5, 0.6) is 5.75 Å². The first-order valence-corrected chi connectivity index (χ1v) is 6.96. The van der Waals surface area contributed by atoms with Gasteiger partial charge in [-0.1, -0.05) is 30.4 Å². The van der Waals surface area contributed by atoms with Crippen LogP contribution in [0.1, 0.15) is 26.2 Å². The largest absolute Gasteiger partial charge is 0.481 e. The van der Waals surface area contributed by atoms with Crippen molar-refractivity contribution in [2.45, 2.75) is 44.4 Å². The lowest BCUT2D eigenvalue weighted by molar-refractivity contribution is -0.140. The van der Waals surface area contributed by atoms with Crippen molar-refractivity contribution in [2.24, 2.45) is 0 Å². The van der Waals surface area contributed by atoms with Crippen LogP contribution in [0.4, 0.5) is 0 Å². The van der Waals surface area contributed by atoms with Gasteiger partial charge in [-0.3, -0.25) is 4.79 Å². The number of amides is 1. The summed E-state index contributed by atoms with van der Waals surface area (Å²) in [5.74, 6) is 0.865. The van der Waals surface area contributed by atoms with Crippen molar-refractivity contribution in [3.63, 3.8) is 0 Å². The molecule has 0 saturated carbocycles. The van der Waals surface area contributed by atoms with Gasteiger partial charge in [0.2, 0.25) is 0 Å². The number of hydrogen-bond donors (Lipinski definition) is 0. The molecule has 1 aromatic carbocycles. The van der Waals surface area contributed by atoms with Crippen molar-refractivity contribution in [3.8, 4) is 5.75 Å². The van der Waals surface area contributed by atoms with Crippen molar-refractivity contribution in [1.82, 2.24) is 4.90 Å². The Balaban J connectivity index is 1.69.